The highest BCUT2D eigenvalue weighted by Crippen LogP contribution is 2.14. The molecule has 0 spiro atoms. The summed E-state index contributed by atoms with van der Waals surface area (Å²) in [5, 5.41) is 8.79. The van der Waals surface area contributed by atoms with Crippen molar-refractivity contribution in [2.75, 3.05) is 13.2 Å². The highest BCUT2D eigenvalue weighted by molar-refractivity contribution is 5.17. The third-order valence-corrected chi connectivity index (χ3v) is 2.71. The van der Waals surface area contributed by atoms with Gasteiger partial charge in [-0.15, -0.1) is 0 Å². The van der Waals surface area contributed by atoms with Crippen LogP contribution in [0.2, 0.25) is 0 Å². The maximum absolute atomic E-state index is 11.5. The fourth-order valence-corrected chi connectivity index (χ4v) is 1.75. The molecule has 1 fully saturated rings. The molecule has 0 aliphatic carbocycles. The molecule has 1 saturated heterocycles. The van der Waals surface area contributed by atoms with Gasteiger partial charge in [0.25, 0.3) is 0 Å². The summed E-state index contributed by atoms with van der Waals surface area (Å²) in [6, 6.07) is 1.23. The van der Waals surface area contributed by atoms with Crippen molar-refractivity contribution in [3.05, 3.63) is 28.3 Å². The molecule has 0 bridgehead atoms. The van der Waals surface area contributed by atoms with E-state index in [0.29, 0.717) is 6.61 Å². The van der Waals surface area contributed by atoms with Gasteiger partial charge in [0.1, 0.15) is 25.2 Å². The average Bonchev–Trinajstić information content (AvgIpc) is 2.38. The molecule has 5 heteroatoms. The molecule has 1 aliphatic rings. The topological polar surface area (TPSA) is 68.9 Å². The van der Waals surface area contributed by atoms with E-state index < -0.39 is 0 Å². The molecule has 17 heavy (non-hydrogen) atoms. The molecule has 0 radical (unpaired) electrons. The third kappa shape index (κ3) is 3.31. The SMILES string of the molecule is O=c1cc(CO)occ1OCC1CCCCO1. The molecule has 1 N–H and O–H groups in total. The van der Waals surface area contributed by atoms with Gasteiger partial charge in [0.2, 0.25) is 11.2 Å². The lowest BCUT2D eigenvalue weighted by Crippen LogP contribution is -2.26. The second-order valence-corrected chi connectivity index (χ2v) is 4.03. The van der Waals surface area contributed by atoms with Crippen molar-refractivity contribution < 1.29 is 19.0 Å². The Balaban J connectivity index is 1.92. The lowest BCUT2D eigenvalue weighted by atomic mass is 10.1. The van der Waals surface area contributed by atoms with E-state index in [2.05, 4.69) is 0 Å². The van der Waals surface area contributed by atoms with E-state index in [0.717, 1.165) is 25.9 Å². The van der Waals surface area contributed by atoms with Crippen LogP contribution in [0.3, 0.4) is 0 Å². The van der Waals surface area contributed by atoms with E-state index in [4.69, 9.17) is 19.0 Å². The van der Waals surface area contributed by atoms with Gasteiger partial charge in [-0.2, -0.15) is 0 Å². The van der Waals surface area contributed by atoms with Crippen LogP contribution < -0.4 is 10.2 Å². The summed E-state index contributed by atoms with van der Waals surface area (Å²) in [5.41, 5.74) is -0.281. The Labute approximate surface area is 99.0 Å². The molecule has 1 aliphatic heterocycles. The maximum atomic E-state index is 11.5. The lowest BCUT2D eigenvalue weighted by Gasteiger charge is -2.22. The van der Waals surface area contributed by atoms with E-state index >= 15 is 0 Å². The average molecular weight is 240 g/mol. The zero-order valence-corrected chi connectivity index (χ0v) is 9.55. The van der Waals surface area contributed by atoms with Gasteiger partial charge in [0.15, 0.2) is 0 Å². The first-order chi connectivity index (χ1) is 8.29. The van der Waals surface area contributed by atoms with Gasteiger partial charge in [0.05, 0.1) is 6.10 Å². The van der Waals surface area contributed by atoms with Crippen LogP contribution >= 0.6 is 0 Å². The molecule has 1 aromatic heterocycles. The van der Waals surface area contributed by atoms with Gasteiger partial charge in [0, 0.05) is 12.7 Å². The number of aliphatic hydroxyl groups excluding tert-OH is 1. The van der Waals surface area contributed by atoms with Crippen LogP contribution in [0.5, 0.6) is 5.75 Å². The molecule has 0 amide bonds. The molecule has 1 unspecified atom stereocenters. The minimum absolute atomic E-state index is 0.0562. The highest BCUT2D eigenvalue weighted by atomic mass is 16.5. The van der Waals surface area contributed by atoms with Crippen LogP contribution in [-0.4, -0.2) is 24.4 Å². The monoisotopic (exact) mass is 240 g/mol. The molecule has 0 saturated carbocycles. The molecular formula is C12H16O5. The van der Waals surface area contributed by atoms with Crippen molar-refractivity contribution in [3.63, 3.8) is 0 Å². The molecule has 1 atom stereocenters. The Hall–Kier alpha value is -1.33. The van der Waals surface area contributed by atoms with Crippen LogP contribution in [0, 0.1) is 0 Å². The van der Waals surface area contributed by atoms with E-state index in [9.17, 15) is 4.79 Å². The largest absolute Gasteiger partial charge is 0.484 e. The van der Waals surface area contributed by atoms with Crippen LogP contribution in [0.25, 0.3) is 0 Å². The van der Waals surface area contributed by atoms with Crippen LogP contribution in [-0.2, 0) is 11.3 Å². The van der Waals surface area contributed by atoms with E-state index in [1.165, 1.54) is 12.3 Å². The summed E-state index contributed by atoms with van der Waals surface area (Å²) in [4.78, 5) is 11.5. The standard InChI is InChI=1S/C12H16O5/c13-6-10-5-11(14)12(8-16-10)17-7-9-3-1-2-4-15-9/h5,8-9,13H,1-4,6-7H2. The molecule has 2 heterocycles. The first-order valence-corrected chi connectivity index (χ1v) is 5.76. The smallest absolute Gasteiger partial charge is 0.227 e. The number of ether oxygens (including phenoxy) is 2. The maximum Gasteiger partial charge on any atom is 0.227 e. The van der Waals surface area contributed by atoms with Gasteiger partial charge in [-0.25, -0.2) is 0 Å². The summed E-state index contributed by atoms with van der Waals surface area (Å²) in [5.74, 6) is 0.396. The van der Waals surface area contributed by atoms with Crippen molar-refractivity contribution in [1.29, 1.82) is 0 Å². The van der Waals surface area contributed by atoms with E-state index in [-0.39, 0.29) is 29.6 Å². The first-order valence-electron chi connectivity index (χ1n) is 5.76. The van der Waals surface area contributed by atoms with Gasteiger partial charge < -0.3 is 19.0 Å². The number of hydrogen-bond acceptors (Lipinski definition) is 5. The van der Waals surface area contributed by atoms with Crippen LogP contribution in [0.1, 0.15) is 25.0 Å². The number of aliphatic hydroxyl groups is 1. The minimum Gasteiger partial charge on any atom is -0.484 e. The highest BCUT2D eigenvalue weighted by Gasteiger charge is 2.15. The van der Waals surface area contributed by atoms with Crippen molar-refractivity contribution in [3.8, 4) is 5.75 Å². The molecule has 0 aromatic carbocycles. The molecule has 1 aromatic rings. The summed E-state index contributed by atoms with van der Waals surface area (Å²) in [7, 11) is 0. The zero-order chi connectivity index (χ0) is 12.1. The van der Waals surface area contributed by atoms with Crippen molar-refractivity contribution >= 4 is 0 Å². The Morgan fingerprint density at radius 3 is 3.00 bits per heavy atom. The van der Waals surface area contributed by atoms with Gasteiger partial charge in [-0.1, -0.05) is 0 Å². The fourth-order valence-electron chi connectivity index (χ4n) is 1.75. The molecular weight excluding hydrogens is 224 g/mol. The second kappa shape index (κ2) is 5.84. The van der Waals surface area contributed by atoms with E-state index in [1.807, 2.05) is 0 Å². The minimum atomic E-state index is -0.290. The summed E-state index contributed by atoms with van der Waals surface area (Å²) >= 11 is 0. The predicted octanol–water partition coefficient (Wildman–Crippen LogP) is 1.08. The molecule has 2 rings (SSSR count). The van der Waals surface area contributed by atoms with Crippen molar-refractivity contribution in [1.82, 2.24) is 0 Å². The Morgan fingerprint density at radius 1 is 1.47 bits per heavy atom. The first kappa shape index (κ1) is 12.1. The second-order valence-electron chi connectivity index (χ2n) is 4.03. The summed E-state index contributed by atoms with van der Waals surface area (Å²) in [6.07, 6.45) is 4.47. The van der Waals surface area contributed by atoms with Gasteiger partial charge in [-0.3, -0.25) is 4.79 Å². The quantitative estimate of drug-likeness (QED) is 0.852. The molecule has 5 nitrogen and oxygen atoms in total. The Bertz CT molecular complexity index is 406. The Kier molecular flexibility index (Phi) is 4.17. The number of rotatable bonds is 4. The normalized spacial score (nSPS) is 20.2. The molecule has 94 valence electrons. The summed E-state index contributed by atoms with van der Waals surface area (Å²) in [6.45, 7) is 0.830. The Morgan fingerprint density at radius 2 is 2.35 bits per heavy atom. The predicted molar refractivity (Wildman–Crippen MR) is 60.0 cm³/mol. The van der Waals surface area contributed by atoms with Crippen LogP contribution in [0.4, 0.5) is 0 Å². The van der Waals surface area contributed by atoms with Crippen LogP contribution in [0.15, 0.2) is 21.5 Å². The van der Waals surface area contributed by atoms with Crippen molar-refractivity contribution in [2.24, 2.45) is 0 Å². The van der Waals surface area contributed by atoms with Crippen molar-refractivity contribution in [2.45, 2.75) is 32.0 Å². The van der Waals surface area contributed by atoms with Gasteiger partial charge in [-0.05, 0) is 19.3 Å². The lowest BCUT2D eigenvalue weighted by molar-refractivity contribution is -0.0116. The third-order valence-electron chi connectivity index (χ3n) is 2.71. The zero-order valence-electron chi connectivity index (χ0n) is 9.55. The number of hydrogen-bond donors (Lipinski definition) is 1. The van der Waals surface area contributed by atoms with E-state index in [1.54, 1.807) is 0 Å². The fraction of sp³-hybridized carbons (Fsp3) is 0.583. The van der Waals surface area contributed by atoms with Gasteiger partial charge >= 0.3 is 0 Å². The summed E-state index contributed by atoms with van der Waals surface area (Å²) < 4.78 is 15.9.